The zero-order valence-electron chi connectivity index (χ0n) is 25.3. The number of hydrogen-bond donors (Lipinski definition) is 0. The van der Waals surface area contributed by atoms with Crippen LogP contribution in [0.15, 0.2) is 42.5 Å². The number of fused-ring (bicyclic) bond motifs is 1. The van der Waals surface area contributed by atoms with Crippen LogP contribution in [0, 0.1) is 0 Å². The van der Waals surface area contributed by atoms with Crippen LogP contribution in [0.1, 0.15) is 82.5 Å². The standard InChI is InChI=1S/C33H42N4O4S/c1-6-11-25(38)35-18-16-32-22-13-8-9-14-23(22)37(42(39,40)20-7-2)29-33(32)17-19-36(30(32)35)27(28-31(3,4)41-28)21-12-10-15-24(26(21)33)34(29)5/h8-10,12-15,27-30H,6-7,11,16-20H2,1-5H3/t27-,28+,29-,30+,32-,33-/m0/s1. The molecule has 0 aliphatic carbocycles. The molecule has 8 rings (SSSR count). The first-order valence-corrected chi connectivity index (χ1v) is 17.4. The normalized spacial score (nSPS) is 36.4. The van der Waals surface area contributed by atoms with Gasteiger partial charge in [-0.1, -0.05) is 44.2 Å². The third kappa shape index (κ3) is 2.96. The zero-order valence-corrected chi connectivity index (χ0v) is 26.2. The van der Waals surface area contributed by atoms with Crippen molar-refractivity contribution in [3.8, 4) is 0 Å². The van der Waals surface area contributed by atoms with E-state index in [1.807, 2.05) is 19.1 Å². The van der Waals surface area contributed by atoms with Crippen LogP contribution in [0.4, 0.5) is 11.4 Å². The first-order valence-electron chi connectivity index (χ1n) is 15.8. The molecule has 0 N–H and O–H groups in total. The van der Waals surface area contributed by atoms with Crippen molar-refractivity contribution in [2.24, 2.45) is 0 Å². The molecule has 0 aromatic heterocycles. The largest absolute Gasteiger partial charge is 0.365 e. The summed E-state index contributed by atoms with van der Waals surface area (Å²) in [5.41, 5.74) is 4.28. The summed E-state index contributed by atoms with van der Waals surface area (Å²) in [5.74, 6) is 0.296. The Bertz CT molecular complexity index is 1610. The summed E-state index contributed by atoms with van der Waals surface area (Å²) >= 11 is 0. The number of rotatable bonds is 6. The van der Waals surface area contributed by atoms with E-state index in [0.29, 0.717) is 19.4 Å². The molecule has 224 valence electrons. The molecule has 9 heteroatoms. The number of likely N-dealkylation sites (tertiary alicyclic amines) is 1. The highest BCUT2D eigenvalue weighted by Crippen LogP contribution is 2.73. The molecule has 2 aromatic carbocycles. The molecule has 6 aliphatic heterocycles. The predicted molar refractivity (Wildman–Crippen MR) is 163 cm³/mol. The minimum atomic E-state index is -3.64. The Morgan fingerprint density at radius 3 is 2.38 bits per heavy atom. The van der Waals surface area contributed by atoms with Gasteiger partial charge in [0.1, 0.15) is 12.3 Å². The minimum absolute atomic E-state index is 0.000364. The smallest absolute Gasteiger partial charge is 0.236 e. The van der Waals surface area contributed by atoms with Crippen molar-refractivity contribution >= 4 is 27.3 Å². The number of benzene rings is 2. The summed E-state index contributed by atoms with van der Waals surface area (Å²) in [6, 6.07) is 14.8. The summed E-state index contributed by atoms with van der Waals surface area (Å²) < 4.78 is 37.0. The fourth-order valence-electron chi connectivity index (χ4n) is 10.1. The van der Waals surface area contributed by atoms with Gasteiger partial charge in [0.25, 0.3) is 0 Å². The van der Waals surface area contributed by atoms with E-state index in [1.165, 1.54) is 11.1 Å². The van der Waals surface area contributed by atoms with Gasteiger partial charge in [0, 0.05) is 37.7 Å². The van der Waals surface area contributed by atoms with Gasteiger partial charge in [0.2, 0.25) is 15.9 Å². The molecule has 3 saturated heterocycles. The molecule has 1 amide bonds. The average molecular weight is 591 g/mol. The number of sulfonamides is 1. The molecule has 0 radical (unpaired) electrons. The topological polar surface area (TPSA) is 76.7 Å². The number of amides is 1. The molecule has 8 nitrogen and oxygen atoms in total. The van der Waals surface area contributed by atoms with Crippen molar-refractivity contribution in [3.63, 3.8) is 0 Å². The van der Waals surface area contributed by atoms with E-state index in [-0.39, 0.29) is 35.6 Å². The number of carbonyl (C=O) groups is 1. The van der Waals surface area contributed by atoms with Gasteiger partial charge in [-0.2, -0.15) is 0 Å². The summed E-state index contributed by atoms with van der Waals surface area (Å²) in [5, 5.41) is 0. The first kappa shape index (κ1) is 27.0. The number of carbonyl (C=O) groups excluding carboxylic acids is 1. The van der Waals surface area contributed by atoms with Gasteiger partial charge in [-0.3, -0.25) is 9.69 Å². The predicted octanol–water partition coefficient (Wildman–Crippen LogP) is 4.49. The molecule has 2 aromatic rings. The second kappa shape index (κ2) is 8.51. The SMILES string of the molecule is CCCC(=O)N1CC[C@@]23c4ccccc4N(S(=O)(=O)CCC)[C@@H]4N(C)c5cccc6c5[C@@]42CCN([C@@H]13)[C@@H]6[C@H]1OC1(C)C. The van der Waals surface area contributed by atoms with E-state index in [2.05, 4.69) is 72.9 Å². The van der Waals surface area contributed by atoms with Crippen LogP contribution in [-0.4, -0.2) is 74.1 Å². The van der Waals surface area contributed by atoms with Crippen molar-refractivity contribution < 1.29 is 17.9 Å². The Balaban J connectivity index is 1.50. The fourth-order valence-corrected chi connectivity index (χ4v) is 11.9. The van der Waals surface area contributed by atoms with E-state index in [1.54, 1.807) is 4.31 Å². The van der Waals surface area contributed by atoms with Gasteiger partial charge in [-0.15, -0.1) is 0 Å². The van der Waals surface area contributed by atoms with Crippen LogP contribution >= 0.6 is 0 Å². The molecule has 1 unspecified atom stereocenters. The molecular weight excluding hydrogens is 548 g/mol. The van der Waals surface area contributed by atoms with Crippen molar-refractivity contribution in [1.82, 2.24) is 9.80 Å². The Morgan fingerprint density at radius 2 is 1.67 bits per heavy atom. The number of anilines is 2. The maximum absolute atomic E-state index is 14.4. The van der Waals surface area contributed by atoms with E-state index in [9.17, 15) is 13.2 Å². The Morgan fingerprint density at radius 1 is 0.952 bits per heavy atom. The van der Waals surface area contributed by atoms with Gasteiger partial charge >= 0.3 is 0 Å². The summed E-state index contributed by atoms with van der Waals surface area (Å²) in [6.07, 6.45) is 2.93. The lowest BCUT2D eigenvalue weighted by Crippen LogP contribution is -2.75. The number of epoxide rings is 1. The number of piperidine rings is 1. The van der Waals surface area contributed by atoms with Crippen LogP contribution in [-0.2, 0) is 30.4 Å². The molecule has 0 saturated carbocycles. The maximum atomic E-state index is 14.4. The lowest BCUT2D eigenvalue weighted by molar-refractivity contribution is -0.143. The van der Waals surface area contributed by atoms with Crippen LogP contribution < -0.4 is 9.21 Å². The lowest BCUT2D eigenvalue weighted by atomic mass is 9.50. The molecule has 3 fully saturated rings. The Labute approximate surface area is 249 Å². The summed E-state index contributed by atoms with van der Waals surface area (Å²) in [4.78, 5) is 21.0. The lowest BCUT2D eigenvalue weighted by Gasteiger charge is -2.64. The molecule has 42 heavy (non-hydrogen) atoms. The number of ether oxygens (including phenoxy) is 1. The van der Waals surface area contributed by atoms with Crippen molar-refractivity contribution in [3.05, 3.63) is 59.2 Å². The third-order valence-electron chi connectivity index (χ3n) is 11.5. The summed E-state index contributed by atoms with van der Waals surface area (Å²) in [7, 11) is -1.55. The number of para-hydroxylation sites is 1. The number of likely N-dealkylation sites (N-methyl/N-ethyl adjacent to an activating group) is 1. The van der Waals surface area contributed by atoms with Crippen LogP contribution in [0.3, 0.4) is 0 Å². The van der Waals surface area contributed by atoms with E-state index < -0.39 is 27.0 Å². The molecule has 2 spiro atoms. The minimum Gasteiger partial charge on any atom is -0.365 e. The molecule has 7 atom stereocenters. The van der Waals surface area contributed by atoms with E-state index in [4.69, 9.17) is 4.74 Å². The Hall–Kier alpha value is -2.62. The highest BCUT2D eigenvalue weighted by molar-refractivity contribution is 7.92. The van der Waals surface area contributed by atoms with Gasteiger partial charge in [0.05, 0.1) is 34.7 Å². The van der Waals surface area contributed by atoms with Crippen LogP contribution in [0.2, 0.25) is 0 Å². The monoisotopic (exact) mass is 590 g/mol. The quantitative estimate of drug-likeness (QED) is 0.462. The second-order valence-corrected chi connectivity index (χ2v) is 15.8. The molecule has 2 bridgehead atoms. The van der Waals surface area contributed by atoms with Crippen LogP contribution in [0.5, 0.6) is 0 Å². The average Bonchev–Trinajstić information content (AvgIpc) is 3.34. The summed E-state index contributed by atoms with van der Waals surface area (Å²) in [6.45, 7) is 9.80. The first-order chi connectivity index (χ1) is 20.1. The van der Waals surface area contributed by atoms with Gasteiger partial charge < -0.3 is 14.5 Å². The highest BCUT2D eigenvalue weighted by Gasteiger charge is 2.79. The van der Waals surface area contributed by atoms with Crippen LogP contribution in [0.25, 0.3) is 0 Å². The molecule has 6 aliphatic rings. The zero-order chi connectivity index (χ0) is 29.4. The van der Waals surface area contributed by atoms with Gasteiger partial charge in [-0.25, -0.2) is 12.7 Å². The van der Waals surface area contributed by atoms with Gasteiger partial charge in [0.15, 0.2) is 0 Å². The third-order valence-corrected chi connectivity index (χ3v) is 13.4. The number of hydrogen-bond acceptors (Lipinski definition) is 6. The number of nitrogens with zero attached hydrogens (tertiary/aromatic N) is 4. The highest BCUT2D eigenvalue weighted by atomic mass is 32.2. The Kier molecular flexibility index (Phi) is 5.46. The van der Waals surface area contributed by atoms with E-state index in [0.717, 1.165) is 42.7 Å². The molecular formula is C33H42N4O4S. The second-order valence-electron chi connectivity index (χ2n) is 13.8. The van der Waals surface area contributed by atoms with Crippen molar-refractivity contribution in [1.29, 1.82) is 0 Å². The van der Waals surface area contributed by atoms with Crippen molar-refractivity contribution in [2.45, 2.75) is 101 Å². The maximum Gasteiger partial charge on any atom is 0.236 e. The molecule has 6 heterocycles. The van der Waals surface area contributed by atoms with E-state index >= 15 is 0 Å². The van der Waals surface area contributed by atoms with Gasteiger partial charge in [-0.05, 0) is 68.4 Å². The fraction of sp³-hybridized carbons (Fsp3) is 0.606. The van der Waals surface area contributed by atoms with Crippen molar-refractivity contribution in [2.75, 3.05) is 35.1 Å².